The first kappa shape index (κ1) is 19.9. The van der Waals surface area contributed by atoms with Crippen molar-refractivity contribution in [1.29, 1.82) is 0 Å². The van der Waals surface area contributed by atoms with Gasteiger partial charge in [-0.05, 0) is 18.8 Å². The maximum atomic E-state index is 12.3. The fourth-order valence-corrected chi connectivity index (χ4v) is 1.99. The maximum Gasteiger partial charge on any atom is 0.407 e. The van der Waals surface area contributed by atoms with E-state index >= 15 is 0 Å². The first-order chi connectivity index (χ1) is 11.0. The molecule has 1 aliphatic rings. The number of carbonyl (C=O) groups is 4. The second kappa shape index (κ2) is 8.09. The number of alkyl carbamates (subject to hydrolysis) is 1. The van der Waals surface area contributed by atoms with Gasteiger partial charge in [-0.15, -0.1) is 0 Å². The summed E-state index contributed by atoms with van der Waals surface area (Å²) in [5.41, 5.74) is 5.52. The Bertz CT molecular complexity index is 512. The molecule has 0 saturated carbocycles. The molecule has 3 atom stereocenters. The summed E-state index contributed by atoms with van der Waals surface area (Å²) in [7, 11) is 0. The molecule has 0 aromatic carbocycles. The number of nitrogens with two attached hydrogens (primary N) is 1. The van der Waals surface area contributed by atoms with Gasteiger partial charge in [-0.3, -0.25) is 14.4 Å². The summed E-state index contributed by atoms with van der Waals surface area (Å²) >= 11 is 0. The number of amides is 3. The average molecular weight is 342 g/mol. The second-order valence-corrected chi connectivity index (χ2v) is 7.09. The van der Waals surface area contributed by atoms with Crippen LogP contribution in [0.25, 0.3) is 0 Å². The minimum absolute atomic E-state index is 0.174. The van der Waals surface area contributed by atoms with Crippen LogP contribution in [0.4, 0.5) is 4.79 Å². The first-order valence-electron chi connectivity index (χ1n) is 7.82. The normalized spacial score (nSPS) is 20.6. The molecule has 9 heteroatoms. The third-order valence-corrected chi connectivity index (χ3v) is 3.29. The maximum absolute atomic E-state index is 12.3. The Morgan fingerprint density at radius 1 is 1.38 bits per heavy atom. The van der Waals surface area contributed by atoms with Crippen LogP contribution in [0.15, 0.2) is 0 Å². The van der Waals surface area contributed by atoms with Crippen molar-refractivity contribution in [2.24, 2.45) is 11.1 Å². The molecule has 1 heterocycles. The van der Waals surface area contributed by atoms with E-state index in [4.69, 9.17) is 10.5 Å². The second-order valence-electron chi connectivity index (χ2n) is 7.09. The summed E-state index contributed by atoms with van der Waals surface area (Å²) in [5, 5.41) is 7.25. The number of piperidine rings is 1. The van der Waals surface area contributed by atoms with E-state index in [9.17, 15) is 19.2 Å². The van der Waals surface area contributed by atoms with Crippen molar-refractivity contribution in [2.45, 2.75) is 52.2 Å². The number of rotatable bonds is 5. The van der Waals surface area contributed by atoms with Crippen LogP contribution in [0.2, 0.25) is 0 Å². The van der Waals surface area contributed by atoms with Gasteiger partial charge in [0.1, 0.15) is 6.04 Å². The van der Waals surface area contributed by atoms with E-state index in [1.807, 2.05) is 20.8 Å². The molecule has 9 nitrogen and oxygen atoms in total. The van der Waals surface area contributed by atoms with Crippen LogP contribution in [0.5, 0.6) is 0 Å². The van der Waals surface area contributed by atoms with Crippen molar-refractivity contribution >= 4 is 23.7 Å². The Labute approximate surface area is 141 Å². The van der Waals surface area contributed by atoms with Crippen LogP contribution in [0, 0.1) is 5.41 Å². The zero-order chi connectivity index (χ0) is 18.5. The largest absolute Gasteiger partial charge is 0.449 e. The smallest absolute Gasteiger partial charge is 0.407 e. The van der Waals surface area contributed by atoms with E-state index in [-0.39, 0.29) is 18.4 Å². The minimum atomic E-state index is -1.07. The molecule has 0 aliphatic carbocycles. The van der Waals surface area contributed by atoms with Gasteiger partial charge in [0, 0.05) is 12.6 Å². The van der Waals surface area contributed by atoms with E-state index in [0.29, 0.717) is 6.54 Å². The molecule has 5 N–H and O–H groups in total. The number of carbonyl (C=O) groups excluding carboxylic acids is 4. The van der Waals surface area contributed by atoms with E-state index in [1.54, 1.807) is 6.92 Å². The molecule has 0 spiro atoms. The van der Waals surface area contributed by atoms with Gasteiger partial charge in [0.25, 0.3) is 5.91 Å². The van der Waals surface area contributed by atoms with Gasteiger partial charge in [0.2, 0.25) is 11.7 Å². The van der Waals surface area contributed by atoms with Crippen LogP contribution in [0.3, 0.4) is 0 Å². The summed E-state index contributed by atoms with van der Waals surface area (Å²) in [5.74, 6) is -2.08. The molecule has 0 radical (unpaired) electrons. The number of nitrogens with one attached hydrogen (secondary N) is 3. The van der Waals surface area contributed by atoms with Crippen LogP contribution in [-0.4, -0.2) is 55.0 Å². The number of hydrogen-bond donors (Lipinski definition) is 4. The highest BCUT2D eigenvalue weighted by Gasteiger charge is 2.34. The van der Waals surface area contributed by atoms with Crippen LogP contribution in [0.1, 0.15) is 34.1 Å². The molecule has 1 fully saturated rings. The zero-order valence-corrected chi connectivity index (χ0v) is 14.5. The quantitative estimate of drug-likeness (QED) is 0.475. The van der Waals surface area contributed by atoms with E-state index in [2.05, 4.69) is 16.0 Å². The number of ketones is 1. The average Bonchev–Trinajstić information content (AvgIpc) is 2.46. The van der Waals surface area contributed by atoms with Crippen molar-refractivity contribution in [1.82, 2.24) is 16.0 Å². The lowest BCUT2D eigenvalue weighted by molar-refractivity contribution is -0.141. The molecular weight excluding hydrogens is 316 g/mol. The lowest BCUT2D eigenvalue weighted by Gasteiger charge is -2.27. The lowest BCUT2D eigenvalue weighted by atomic mass is 9.99. The molecule has 1 saturated heterocycles. The highest BCUT2D eigenvalue weighted by molar-refractivity contribution is 6.39. The molecule has 24 heavy (non-hydrogen) atoms. The molecule has 0 aromatic heterocycles. The molecule has 3 amide bonds. The molecule has 0 bridgehead atoms. The molecule has 1 aliphatic heterocycles. The van der Waals surface area contributed by atoms with Gasteiger partial charge in [0.15, 0.2) is 0 Å². The topological polar surface area (TPSA) is 140 Å². The van der Waals surface area contributed by atoms with E-state index < -0.39 is 41.8 Å². The summed E-state index contributed by atoms with van der Waals surface area (Å²) in [6, 6.07) is -2.70. The van der Waals surface area contributed by atoms with Gasteiger partial charge < -0.3 is 26.4 Å². The highest BCUT2D eigenvalue weighted by atomic mass is 16.5. The Morgan fingerprint density at radius 2 is 2.00 bits per heavy atom. The van der Waals surface area contributed by atoms with Crippen molar-refractivity contribution < 1.29 is 23.9 Å². The summed E-state index contributed by atoms with van der Waals surface area (Å²) in [6.07, 6.45) is -0.480. The number of ether oxygens (including phenoxy) is 1. The Hall–Kier alpha value is -2.16. The van der Waals surface area contributed by atoms with Gasteiger partial charge in [-0.2, -0.15) is 0 Å². The van der Waals surface area contributed by atoms with Gasteiger partial charge in [-0.1, -0.05) is 20.8 Å². The highest BCUT2D eigenvalue weighted by Crippen LogP contribution is 2.12. The third kappa shape index (κ3) is 6.15. The molecular formula is C15H26N4O5. The van der Waals surface area contributed by atoms with Crippen molar-refractivity contribution in [3.05, 3.63) is 0 Å². The van der Waals surface area contributed by atoms with Gasteiger partial charge in [0.05, 0.1) is 12.6 Å². The SMILES string of the molecule is CC(N)C(NC(=O)OCC(C)(C)C)C(=O)NC1CCNC(=O)C1=O. The van der Waals surface area contributed by atoms with Gasteiger partial charge in [-0.25, -0.2) is 4.79 Å². The standard InChI is InChI=1S/C15H26N4O5/c1-8(16)10(19-14(23)24-7-15(2,3)4)12(21)18-9-5-6-17-13(22)11(9)20/h8-10H,5-7,16H2,1-4H3,(H,17,22)(H,18,21)(H,19,23). The molecule has 1 rings (SSSR count). The first-order valence-corrected chi connectivity index (χ1v) is 7.82. The van der Waals surface area contributed by atoms with Crippen molar-refractivity contribution in [3.63, 3.8) is 0 Å². The van der Waals surface area contributed by atoms with Crippen LogP contribution >= 0.6 is 0 Å². The summed E-state index contributed by atoms with van der Waals surface area (Å²) in [6.45, 7) is 7.71. The van der Waals surface area contributed by atoms with Crippen molar-refractivity contribution in [3.8, 4) is 0 Å². The zero-order valence-electron chi connectivity index (χ0n) is 14.5. The fraction of sp³-hybridized carbons (Fsp3) is 0.733. The number of hydrogen-bond acceptors (Lipinski definition) is 6. The number of Topliss-reactive ketones (excluding diaryl/α,β-unsaturated/α-hetero) is 1. The Morgan fingerprint density at radius 3 is 2.54 bits per heavy atom. The van der Waals surface area contributed by atoms with Crippen LogP contribution < -0.4 is 21.7 Å². The van der Waals surface area contributed by atoms with Crippen molar-refractivity contribution in [2.75, 3.05) is 13.2 Å². The fourth-order valence-electron chi connectivity index (χ4n) is 1.99. The minimum Gasteiger partial charge on any atom is -0.449 e. The summed E-state index contributed by atoms with van der Waals surface area (Å²) in [4.78, 5) is 47.2. The Kier molecular flexibility index (Phi) is 6.70. The summed E-state index contributed by atoms with van der Waals surface area (Å²) < 4.78 is 5.05. The monoisotopic (exact) mass is 342 g/mol. The molecule has 0 aromatic rings. The Balaban J connectivity index is 2.63. The van der Waals surface area contributed by atoms with Gasteiger partial charge >= 0.3 is 6.09 Å². The third-order valence-electron chi connectivity index (χ3n) is 3.29. The van der Waals surface area contributed by atoms with E-state index in [1.165, 1.54) is 0 Å². The van der Waals surface area contributed by atoms with E-state index in [0.717, 1.165) is 0 Å². The predicted molar refractivity (Wildman–Crippen MR) is 85.9 cm³/mol. The van der Waals surface area contributed by atoms with Crippen LogP contribution in [-0.2, 0) is 19.1 Å². The molecule has 136 valence electrons. The lowest BCUT2D eigenvalue weighted by Crippen LogP contribution is -2.60. The molecule has 3 unspecified atom stereocenters. The predicted octanol–water partition coefficient (Wildman–Crippen LogP) is -0.952.